The summed E-state index contributed by atoms with van der Waals surface area (Å²) in [5, 5.41) is 0. The minimum absolute atomic E-state index is 0.301. The Morgan fingerprint density at radius 1 is 1.00 bits per heavy atom. The molecule has 0 unspecified atom stereocenters. The fourth-order valence-corrected chi connectivity index (χ4v) is 5.21. The highest BCUT2D eigenvalue weighted by Gasteiger charge is 2.21. The number of benzene rings is 2. The van der Waals surface area contributed by atoms with Crippen LogP contribution >= 0.6 is 39.5 Å². The molecule has 8 heteroatoms. The van der Waals surface area contributed by atoms with Gasteiger partial charge in [0.1, 0.15) is 11.5 Å². The number of aryl methyl sites for hydroxylation is 1. The van der Waals surface area contributed by atoms with Gasteiger partial charge in [0.2, 0.25) is 0 Å². The van der Waals surface area contributed by atoms with E-state index in [-0.39, 0.29) is 0 Å². The standard InChI is InChI=1S/C20H25Br2O5P/c1-13(2)16-12-15(6-7-19(16)24-3)27-20-17(21)10-14(11-18(20)22)8-9-28(23,25-4)26-5/h6-7,10-13H,8-9H2,1-5H3. The van der Waals surface area contributed by atoms with Crippen molar-refractivity contribution in [3.05, 3.63) is 50.4 Å². The maximum absolute atomic E-state index is 12.2. The summed E-state index contributed by atoms with van der Waals surface area (Å²) in [5.41, 5.74) is 2.07. The quantitative estimate of drug-likeness (QED) is 0.319. The first-order valence-corrected chi connectivity index (χ1v) is 12.1. The largest absolute Gasteiger partial charge is 0.496 e. The number of halogens is 2. The molecule has 0 atom stereocenters. The van der Waals surface area contributed by atoms with E-state index < -0.39 is 7.60 Å². The number of ether oxygens (including phenoxy) is 2. The van der Waals surface area contributed by atoms with Crippen LogP contribution in [-0.4, -0.2) is 27.5 Å². The summed E-state index contributed by atoms with van der Waals surface area (Å²) in [4.78, 5) is 0. The van der Waals surface area contributed by atoms with Crippen molar-refractivity contribution in [2.45, 2.75) is 26.2 Å². The SMILES string of the molecule is COc1ccc(Oc2c(Br)cc(CCP(=O)(OC)OC)cc2Br)cc1C(C)C. The Morgan fingerprint density at radius 2 is 1.61 bits per heavy atom. The van der Waals surface area contributed by atoms with Crippen LogP contribution in [0.5, 0.6) is 17.2 Å². The molecule has 0 bridgehead atoms. The zero-order valence-corrected chi connectivity index (χ0v) is 20.7. The van der Waals surface area contributed by atoms with E-state index in [4.69, 9.17) is 18.5 Å². The molecule has 0 aliphatic heterocycles. The van der Waals surface area contributed by atoms with Crippen LogP contribution < -0.4 is 9.47 Å². The van der Waals surface area contributed by atoms with E-state index in [1.165, 1.54) is 14.2 Å². The summed E-state index contributed by atoms with van der Waals surface area (Å²) in [6.07, 6.45) is 0.853. The van der Waals surface area contributed by atoms with Gasteiger partial charge in [0, 0.05) is 19.8 Å². The Hall–Kier alpha value is -0.850. The third-order valence-corrected chi connectivity index (χ3v) is 7.39. The van der Waals surface area contributed by atoms with Crippen LogP contribution in [0.3, 0.4) is 0 Å². The molecule has 0 aromatic heterocycles. The van der Waals surface area contributed by atoms with Crippen LogP contribution in [0.25, 0.3) is 0 Å². The average Bonchev–Trinajstić information content (AvgIpc) is 2.68. The lowest BCUT2D eigenvalue weighted by Gasteiger charge is -2.17. The third-order valence-electron chi connectivity index (χ3n) is 4.33. The second kappa shape index (κ2) is 10.3. The fraction of sp³-hybridized carbons (Fsp3) is 0.400. The molecule has 0 spiro atoms. The van der Waals surface area contributed by atoms with Crippen molar-refractivity contribution in [3.63, 3.8) is 0 Å². The lowest BCUT2D eigenvalue weighted by atomic mass is 10.0. The summed E-state index contributed by atoms with van der Waals surface area (Å²) < 4.78 is 35.4. The molecule has 0 fully saturated rings. The van der Waals surface area contributed by atoms with Gasteiger partial charge in [0.15, 0.2) is 5.75 Å². The molecule has 5 nitrogen and oxygen atoms in total. The first-order chi connectivity index (χ1) is 13.2. The molecule has 0 radical (unpaired) electrons. The van der Waals surface area contributed by atoms with E-state index in [1.54, 1.807) is 7.11 Å². The van der Waals surface area contributed by atoms with Crippen LogP contribution in [0.2, 0.25) is 0 Å². The average molecular weight is 536 g/mol. The molecule has 2 rings (SSSR count). The van der Waals surface area contributed by atoms with Crippen molar-refractivity contribution >= 4 is 39.5 Å². The summed E-state index contributed by atoms with van der Waals surface area (Å²) in [5.74, 6) is 2.55. The van der Waals surface area contributed by atoms with Gasteiger partial charge in [-0.3, -0.25) is 4.57 Å². The summed E-state index contributed by atoms with van der Waals surface area (Å²) in [7, 11) is 1.42. The van der Waals surface area contributed by atoms with Gasteiger partial charge in [-0.25, -0.2) is 0 Å². The number of methoxy groups -OCH3 is 1. The van der Waals surface area contributed by atoms with Gasteiger partial charge in [0.25, 0.3) is 0 Å². The number of hydrogen-bond donors (Lipinski definition) is 0. The van der Waals surface area contributed by atoms with Gasteiger partial charge in [-0.1, -0.05) is 13.8 Å². The van der Waals surface area contributed by atoms with Gasteiger partial charge in [-0.05, 0) is 80.1 Å². The van der Waals surface area contributed by atoms with E-state index in [0.29, 0.717) is 24.3 Å². The molecule has 0 saturated carbocycles. The van der Waals surface area contributed by atoms with Gasteiger partial charge in [-0.15, -0.1) is 0 Å². The van der Waals surface area contributed by atoms with Gasteiger partial charge in [-0.2, -0.15) is 0 Å². The maximum Gasteiger partial charge on any atom is 0.330 e. The van der Waals surface area contributed by atoms with E-state index in [2.05, 4.69) is 45.7 Å². The van der Waals surface area contributed by atoms with Crippen LogP contribution in [0.4, 0.5) is 0 Å². The van der Waals surface area contributed by atoms with E-state index >= 15 is 0 Å². The van der Waals surface area contributed by atoms with E-state index in [0.717, 1.165) is 31.6 Å². The summed E-state index contributed by atoms with van der Waals surface area (Å²) >= 11 is 7.15. The molecule has 0 aliphatic carbocycles. The zero-order valence-electron chi connectivity index (χ0n) is 16.6. The molecule has 2 aromatic rings. The predicted molar refractivity (Wildman–Crippen MR) is 119 cm³/mol. The smallest absolute Gasteiger partial charge is 0.330 e. The molecule has 0 amide bonds. The number of rotatable bonds is 9. The monoisotopic (exact) mass is 534 g/mol. The Bertz CT molecular complexity index is 839. The van der Waals surface area contributed by atoms with Crippen LogP contribution in [0.15, 0.2) is 39.3 Å². The highest BCUT2D eigenvalue weighted by atomic mass is 79.9. The Kier molecular flexibility index (Phi) is 8.59. The lowest BCUT2D eigenvalue weighted by molar-refractivity contribution is 0.276. The minimum atomic E-state index is -3.04. The summed E-state index contributed by atoms with van der Waals surface area (Å²) in [6, 6.07) is 9.67. The first kappa shape index (κ1) is 23.4. The molecule has 154 valence electrons. The molecular formula is C20H25Br2O5P. The topological polar surface area (TPSA) is 54.0 Å². The van der Waals surface area contributed by atoms with Crippen molar-refractivity contribution < 1.29 is 23.1 Å². The van der Waals surface area contributed by atoms with E-state index in [9.17, 15) is 4.57 Å². The highest BCUT2D eigenvalue weighted by Crippen LogP contribution is 2.47. The second-order valence-electron chi connectivity index (χ2n) is 6.50. The first-order valence-electron chi connectivity index (χ1n) is 8.77. The van der Waals surface area contributed by atoms with Crippen molar-refractivity contribution in [3.8, 4) is 17.2 Å². The predicted octanol–water partition coefficient (Wildman–Crippen LogP) is 7.16. The summed E-state index contributed by atoms with van der Waals surface area (Å²) in [6.45, 7) is 4.22. The van der Waals surface area contributed by atoms with E-state index in [1.807, 2.05) is 30.3 Å². The van der Waals surface area contributed by atoms with Gasteiger partial charge in [0.05, 0.1) is 22.2 Å². The molecule has 2 aromatic carbocycles. The van der Waals surface area contributed by atoms with Gasteiger partial charge >= 0.3 is 7.60 Å². The van der Waals surface area contributed by atoms with Gasteiger partial charge < -0.3 is 18.5 Å². The highest BCUT2D eigenvalue weighted by molar-refractivity contribution is 9.11. The second-order valence-corrected chi connectivity index (χ2v) is 10.6. The maximum atomic E-state index is 12.2. The fourth-order valence-electron chi connectivity index (χ4n) is 2.72. The Labute approximate surface area is 183 Å². The molecule has 0 N–H and O–H groups in total. The Balaban J connectivity index is 2.24. The van der Waals surface area contributed by atoms with Crippen LogP contribution in [0.1, 0.15) is 30.9 Å². The zero-order chi connectivity index (χ0) is 20.9. The molecule has 0 aliphatic rings. The van der Waals surface area contributed by atoms with Crippen molar-refractivity contribution in [2.24, 2.45) is 0 Å². The third kappa shape index (κ3) is 5.83. The molecule has 0 saturated heterocycles. The van der Waals surface area contributed by atoms with Crippen LogP contribution in [0, 0.1) is 0 Å². The van der Waals surface area contributed by atoms with Crippen molar-refractivity contribution in [1.29, 1.82) is 0 Å². The molecular weight excluding hydrogens is 511 g/mol. The normalized spacial score (nSPS) is 11.7. The lowest BCUT2D eigenvalue weighted by Crippen LogP contribution is -1.99. The Morgan fingerprint density at radius 3 is 2.11 bits per heavy atom. The van der Waals surface area contributed by atoms with Crippen molar-refractivity contribution in [1.82, 2.24) is 0 Å². The molecule has 28 heavy (non-hydrogen) atoms. The van der Waals surface area contributed by atoms with Crippen LogP contribution in [-0.2, 0) is 20.0 Å². The minimum Gasteiger partial charge on any atom is -0.496 e. The number of hydrogen-bond acceptors (Lipinski definition) is 5. The molecule has 0 heterocycles. The van der Waals surface area contributed by atoms with Crippen molar-refractivity contribution in [2.75, 3.05) is 27.5 Å².